The number of halogens is 1. The number of nitrogens with one attached hydrogen (secondary N) is 2. The first kappa shape index (κ1) is 23.4. The molecule has 0 saturated heterocycles. The standard InChI is InChI=1S/C21H25ClN5O2PS/c1-13(2)31-18-9-7-6-8-16(18)23-20-19(22)26-27-21(25-20)24-15-11-10-14(30(4,5)28)12-17(15)29-3/h6-13H,1-5H3,(H2,23,24,25,27). The number of methoxy groups -OCH3 is 1. The van der Waals surface area contributed by atoms with Gasteiger partial charge in [0.2, 0.25) is 5.95 Å². The van der Waals surface area contributed by atoms with Crippen LogP contribution in [0.1, 0.15) is 13.8 Å². The maximum atomic E-state index is 12.4. The summed E-state index contributed by atoms with van der Waals surface area (Å²) in [6.07, 6.45) is 0. The molecule has 0 unspecified atom stereocenters. The molecule has 0 radical (unpaired) electrons. The Labute approximate surface area is 191 Å². The van der Waals surface area contributed by atoms with E-state index < -0.39 is 7.14 Å². The van der Waals surface area contributed by atoms with Gasteiger partial charge in [0.25, 0.3) is 0 Å². The predicted molar refractivity (Wildman–Crippen MR) is 131 cm³/mol. The molecule has 0 bridgehead atoms. The van der Waals surface area contributed by atoms with Crippen molar-refractivity contribution in [1.29, 1.82) is 0 Å². The van der Waals surface area contributed by atoms with Gasteiger partial charge in [-0.1, -0.05) is 37.6 Å². The van der Waals surface area contributed by atoms with Crippen LogP contribution in [-0.2, 0) is 4.57 Å². The first-order chi connectivity index (χ1) is 14.7. The molecule has 0 aliphatic heterocycles. The van der Waals surface area contributed by atoms with Crippen molar-refractivity contribution in [1.82, 2.24) is 15.2 Å². The van der Waals surface area contributed by atoms with Crippen molar-refractivity contribution >= 4 is 59.0 Å². The summed E-state index contributed by atoms with van der Waals surface area (Å²) in [6, 6.07) is 13.3. The summed E-state index contributed by atoms with van der Waals surface area (Å²) in [5, 5.41) is 15.7. The third kappa shape index (κ3) is 6.12. The fourth-order valence-corrected chi connectivity index (χ4v) is 4.64. The zero-order chi connectivity index (χ0) is 22.6. The van der Waals surface area contributed by atoms with Gasteiger partial charge in [0.15, 0.2) is 11.0 Å². The quantitative estimate of drug-likeness (QED) is 0.312. The summed E-state index contributed by atoms with van der Waals surface area (Å²) in [4.78, 5) is 5.57. The van der Waals surface area contributed by atoms with Crippen molar-refractivity contribution in [2.45, 2.75) is 24.0 Å². The molecule has 2 N–H and O–H groups in total. The van der Waals surface area contributed by atoms with E-state index in [0.29, 0.717) is 22.5 Å². The van der Waals surface area contributed by atoms with E-state index in [1.807, 2.05) is 24.3 Å². The highest BCUT2D eigenvalue weighted by Gasteiger charge is 2.16. The lowest BCUT2D eigenvalue weighted by Crippen LogP contribution is -2.08. The lowest BCUT2D eigenvalue weighted by Gasteiger charge is -2.15. The molecule has 1 aromatic heterocycles. The fourth-order valence-electron chi connectivity index (χ4n) is 2.74. The summed E-state index contributed by atoms with van der Waals surface area (Å²) in [6.45, 7) is 7.71. The predicted octanol–water partition coefficient (Wildman–Crippen LogP) is 5.77. The Morgan fingerprint density at radius 2 is 1.81 bits per heavy atom. The molecule has 0 aliphatic rings. The molecule has 1 heterocycles. The number of nitrogens with zero attached hydrogens (tertiary/aromatic N) is 3. The van der Waals surface area contributed by atoms with Gasteiger partial charge in [-0.25, -0.2) is 0 Å². The third-order valence-electron chi connectivity index (χ3n) is 4.20. The van der Waals surface area contributed by atoms with Gasteiger partial charge in [-0.05, 0) is 43.7 Å². The number of para-hydroxylation sites is 1. The summed E-state index contributed by atoms with van der Waals surface area (Å²) >= 11 is 7.99. The summed E-state index contributed by atoms with van der Waals surface area (Å²) < 4.78 is 17.8. The number of ether oxygens (including phenoxy) is 1. The van der Waals surface area contributed by atoms with E-state index in [0.717, 1.165) is 15.9 Å². The van der Waals surface area contributed by atoms with Crippen molar-refractivity contribution in [3.05, 3.63) is 47.6 Å². The van der Waals surface area contributed by atoms with Crippen LogP contribution in [-0.4, -0.2) is 40.9 Å². The smallest absolute Gasteiger partial charge is 0.249 e. The molecule has 0 fully saturated rings. The second-order valence-corrected chi connectivity index (χ2v) is 12.6. The SMILES string of the molecule is COc1cc(P(C)(C)=O)ccc1Nc1nnc(Cl)c(Nc2ccccc2SC(C)C)n1. The number of rotatable bonds is 8. The van der Waals surface area contributed by atoms with Crippen LogP contribution in [0.25, 0.3) is 0 Å². The number of anilines is 4. The Morgan fingerprint density at radius 3 is 2.48 bits per heavy atom. The number of thioether (sulfide) groups is 1. The molecule has 7 nitrogen and oxygen atoms in total. The van der Waals surface area contributed by atoms with Crippen molar-refractivity contribution in [3.8, 4) is 5.75 Å². The number of hydrogen-bond donors (Lipinski definition) is 2. The van der Waals surface area contributed by atoms with E-state index in [-0.39, 0.29) is 11.1 Å². The van der Waals surface area contributed by atoms with Gasteiger partial charge in [-0.3, -0.25) is 0 Å². The first-order valence-corrected chi connectivity index (χ1v) is 13.5. The molecular weight excluding hydrogens is 453 g/mol. The largest absolute Gasteiger partial charge is 0.495 e. The van der Waals surface area contributed by atoms with Crippen LogP contribution in [0, 0.1) is 0 Å². The second-order valence-electron chi connectivity index (χ2n) is 7.42. The normalized spacial score (nSPS) is 11.5. The topological polar surface area (TPSA) is 89.0 Å². The van der Waals surface area contributed by atoms with Crippen LogP contribution >= 0.6 is 30.5 Å². The van der Waals surface area contributed by atoms with Crippen LogP contribution in [0.4, 0.5) is 23.1 Å². The Balaban J connectivity index is 1.88. The van der Waals surface area contributed by atoms with Gasteiger partial charge in [-0.2, -0.15) is 4.98 Å². The van der Waals surface area contributed by atoms with Crippen LogP contribution in [0.15, 0.2) is 47.4 Å². The van der Waals surface area contributed by atoms with Gasteiger partial charge in [0.05, 0.1) is 18.5 Å². The van der Waals surface area contributed by atoms with E-state index in [9.17, 15) is 4.57 Å². The van der Waals surface area contributed by atoms with Crippen molar-refractivity contribution in [2.24, 2.45) is 0 Å². The summed E-state index contributed by atoms with van der Waals surface area (Å²) in [5.74, 6) is 1.18. The Morgan fingerprint density at radius 1 is 1.06 bits per heavy atom. The van der Waals surface area contributed by atoms with Gasteiger partial charge < -0.3 is 19.9 Å². The lowest BCUT2D eigenvalue weighted by molar-refractivity contribution is 0.417. The highest BCUT2D eigenvalue weighted by atomic mass is 35.5. The van der Waals surface area contributed by atoms with E-state index in [4.69, 9.17) is 16.3 Å². The summed E-state index contributed by atoms with van der Waals surface area (Å²) in [5.41, 5.74) is 1.52. The second kappa shape index (κ2) is 9.90. The average molecular weight is 478 g/mol. The van der Waals surface area contributed by atoms with E-state index in [1.165, 1.54) is 0 Å². The van der Waals surface area contributed by atoms with E-state index >= 15 is 0 Å². The average Bonchev–Trinajstić information content (AvgIpc) is 2.71. The molecule has 3 rings (SSSR count). The Hall–Kier alpha value is -2.28. The molecular formula is C21H25ClN5O2PS. The van der Waals surface area contributed by atoms with Crippen LogP contribution in [0.5, 0.6) is 5.75 Å². The molecule has 3 aromatic rings. The molecule has 10 heteroatoms. The maximum Gasteiger partial charge on any atom is 0.249 e. The van der Waals surface area contributed by atoms with E-state index in [2.05, 4.69) is 39.7 Å². The lowest BCUT2D eigenvalue weighted by atomic mass is 10.3. The zero-order valence-corrected chi connectivity index (χ0v) is 20.5. The highest BCUT2D eigenvalue weighted by molar-refractivity contribution is 8.00. The van der Waals surface area contributed by atoms with Gasteiger partial charge in [0.1, 0.15) is 12.9 Å². The van der Waals surface area contributed by atoms with Gasteiger partial charge >= 0.3 is 0 Å². The molecule has 0 spiro atoms. The van der Waals surface area contributed by atoms with Gasteiger partial charge in [0, 0.05) is 15.4 Å². The third-order valence-corrected chi connectivity index (χ3v) is 7.06. The maximum absolute atomic E-state index is 12.4. The molecule has 0 atom stereocenters. The van der Waals surface area contributed by atoms with Crippen molar-refractivity contribution < 1.29 is 9.30 Å². The van der Waals surface area contributed by atoms with E-state index in [1.54, 1.807) is 50.4 Å². The van der Waals surface area contributed by atoms with Crippen LogP contribution in [0.3, 0.4) is 0 Å². The van der Waals surface area contributed by atoms with Crippen LogP contribution < -0.4 is 20.7 Å². The molecule has 164 valence electrons. The number of hydrogen-bond acceptors (Lipinski definition) is 8. The minimum Gasteiger partial charge on any atom is -0.495 e. The van der Waals surface area contributed by atoms with Crippen molar-refractivity contribution in [2.75, 3.05) is 31.1 Å². The van der Waals surface area contributed by atoms with Crippen LogP contribution in [0.2, 0.25) is 5.15 Å². The minimum atomic E-state index is -2.41. The molecule has 2 aromatic carbocycles. The molecule has 0 amide bonds. The first-order valence-electron chi connectivity index (χ1n) is 9.61. The highest BCUT2D eigenvalue weighted by Crippen LogP contribution is 2.38. The zero-order valence-electron chi connectivity index (χ0n) is 18.0. The van der Waals surface area contributed by atoms with Crippen molar-refractivity contribution in [3.63, 3.8) is 0 Å². The van der Waals surface area contributed by atoms with Gasteiger partial charge in [-0.15, -0.1) is 22.0 Å². The Bertz CT molecular complexity index is 1120. The number of aromatic nitrogens is 3. The Kier molecular flexibility index (Phi) is 7.46. The summed E-state index contributed by atoms with van der Waals surface area (Å²) in [7, 11) is -0.856. The fraction of sp³-hybridized carbons (Fsp3) is 0.286. The minimum absolute atomic E-state index is 0.162. The molecule has 31 heavy (non-hydrogen) atoms. The number of benzene rings is 2. The molecule has 0 saturated carbocycles. The monoisotopic (exact) mass is 477 g/mol. The molecule has 0 aliphatic carbocycles.